The molecule has 57 heavy (non-hydrogen) atoms. The van der Waals surface area contributed by atoms with Crippen LogP contribution in [0.4, 0.5) is 20.4 Å². The maximum Gasteiger partial charge on any atom is 0.282 e. The molecule has 4 aliphatic heterocycles. The van der Waals surface area contributed by atoms with Crippen molar-refractivity contribution in [3.8, 4) is 5.69 Å². The van der Waals surface area contributed by atoms with E-state index in [1.165, 1.54) is 12.1 Å². The van der Waals surface area contributed by atoms with Gasteiger partial charge in [-0.2, -0.15) is 4.98 Å². The Morgan fingerprint density at radius 3 is 2.37 bits per heavy atom. The van der Waals surface area contributed by atoms with Gasteiger partial charge in [0.2, 0.25) is 17.8 Å². The second-order valence-corrected chi connectivity index (χ2v) is 16.8. The number of hydrogen-bond donors (Lipinski definition) is 1. The van der Waals surface area contributed by atoms with E-state index in [-0.39, 0.29) is 35.9 Å². The van der Waals surface area contributed by atoms with Gasteiger partial charge in [-0.1, -0.05) is 23.7 Å². The number of hydrogen-bond acceptors (Lipinski definition) is 9. The van der Waals surface area contributed by atoms with Crippen LogP contribution >= 0.6 is 11.6 Å². The number of carbonyl (C=O) groups is 2. The molecule has 0 bridgehead atoms. The summed E-state index contributed by atoms with van der Waals surface area (Å²) >= 11 is 6.50. The Morgan fingerprint density at radius 2 is 1.67 bits per heavy atom. The van der Waals surface area contributed by atoms with E-state index in [0.717, 1.165) is 54.2 Å². The molecule has 0 radical (unpaired) electrons. The predicted molar refractivity (Wildman–Crippen MR) is 214 cm³/mol. The van der Waals surface area contributed by atoms with Crippen LogP contribution in [0, 0.1) is 11.6 Å². The normalized spacial score (nSPS) is 21.2. The highest BCUT2D eigenvalue weighted by Crippen LogP contribution is 2.45. The molecule has 1 unspecified atom stereocenters. The van der Waals surface area contributed by atoms with Crippen LogP contribution in [0.2, 0.25) is 5.02 Å². The minimum atomic E-state index is -1.01. The van der Waals surface area contributed by atoms with Gasteiger partial charge in [0, 0.05) is 80.9 Å². The first-order valence-corrected chi connectivity index (χ1v) is 20.0. The largest absolute Gasteiger partial charge is 0.366 e. The molecular formula is C43H43ClF2N8O3. The Morgan fingerprint density at radius 1 is 0.930 bits per heavy atom. The zero-order valence-corrected chi connectivity index (χ0v) is 32.8. The van der Waals surface area contributed by atoms with E-state index in [1.54, 1.807) is 6.07 Å². The van der Waals surface area contributed by atoms with Crippen LogP contribution in [0.25, 0.3) is 16.6 Å². The predicted octanol–water partition coefficient (Wildman–Crippen LogP) is 6.36. The number of nitrogens with zero attached hydrogens (tertiary/aromatic N) is 7. The quantitative estimate of drug-likeness (QED) is 0.196. The van der Waals surface area contributed by atoms with Gasteiger partial charge in [0.05, 0.1) is 32.9 Å². The fraction of sp³-hybridized carbons (Fsp3) is 0.395. The fourth-order valence-corrected chi connectivity index (χ4v) is 9.64. The third-order valence-electron chi connectivity index (χ3n) is 12.4. The van der Waals surface area contributed by atoms with Crippen LogP contribution in [0.15, 0.2) is 65.7 Å². The standard InChI is InChI=1S/C43H43ClF2N8O3/c1-24-22-51(15-16-53(24)28-7-9-30-35(19-28)54-34-6-4-5-31(44)38(34)40(57)50-41(54)43(30,2)3)23-25-20-47-42(48-21-25)52-13-11-26(12-14-52)27-17-32(45)37(33(46)18-27)29-8-10-36(55)49-39(29)56/h4-7,9,17-21,24,26,29H,8,10-16,22-23H2,1-3H3,(H,49,55,56)/t24-,29?/m1/s1. The lowest BCUT2D eigenvalue weighted by Gasteiger charge is -2.41. The molecule has 0 aliphatic carbocycles. The number of carbonyl (C=O) groups excluding carboxylic acids is 2. The summed E-state index contributed by atoms with van der Waals surface area (Å²) in [5.74, 6) is -2.26. The Labute approximate surface area is 333 Å². The number of piperidine rings is 2. The summed E-state index contributed by atoms with van der Waals surface area (Å²) in [6.07, 6.45) is 5.29. The summed E-state index contributed by atoms with van der Waals surface area (Å²) in [6, 6.07) is 15.0. The minimum absolute atomic E-state index is 0.0396. The van der Waals surface area contributed by atoms with Gasteiger partial charge in [0.15, 0.2) is 0 Å². The summed E-state index contributed by atoms with van der Waals surface area (Å²) in [6.45, 7) is 11.0. The molecule has 0 saturated carbocycles. The monoisotopic (exact) mass is 792 g/mol. The van der Waals surface area contributed by atoms with Crippen molar-refractivity contribution in [1.82, 2.24) is 29.7 Å². The van der Waals surface area contributed by atoms with E-state index in [2.05, 4.69) is 68.5 Å². The number of anilines is 2. The van der Waals surface area contributed by atoms with Crippen molar-refractivity contribution in [2.75, 3.05) is 42.5 Å². The van der Waals surface area contributed by atoms with Gasteiger partial charge in [0.1, 0.15) is 17.5 Å². The van der Waals surface area contributed by atoms with Crippen molar-refractivity contribution < 1.29 is 18.4 Å². The second-order valence-electron chi connectivity index (χ2n) is 16.4. The van der Waals surface area contributed by atoms with Gasteiger partial charge in [-0.25, -0.2) is 18.7 Å². The van der Waals surface area contributed by atoms with Crippen molar-refractivity contribution >= 4 is 46.0 Å². The SMILES string of the molecule is C[C@@H]1CN(Cc2cnc(N3CCC(c4cc(F)c(C5CCC(=O)NC5=O)c(F)c4)CC3)nc2)CCN1c1ccc2c(c1)-n1c(nc(=O)c3c(Cl)cccc31)C2(C)C. The first kappa shape index (κ1) is 37.3. The molecule has 9 rings (SSSR count). The van der Waals surface area contributed by atoms with Gasteiger partial charge in [-0.3, -0.25) is 29.2 Å². The molecular weight excluding hydrogens is 750 g/mol. The molecule has 3 aromatic carbocycles. The van der Waals surface area contributed by atoms with E-state index in [0.29, 0.717) is 53.7 Å². The van der Waals surface area contributed by atoms with Crippen LogP contribution in [-0.4, -0.2) is 75.0 Å². The lowest BCUT2D eigenvalue weighted by atomic mass is 9.85. The number of benzene rings is 3. The van der Waals surface area contributed by atoms with Crippen LogP contribution < -0.4 is 20.7 Å². The second kappa shape index (κ2) is 14.3. The molecule has 14 heteroatoms. The molecule has 0 spiro atoms. The van der Waals surface area contributed by atoms with Crippen molar-refractivity contribution in [3.63, 3.8) is 0 Å². The van der Waals surface area contributed by atoms with E-state index in [9.17, 15) is 14.4 Å². The summed E-state index contributed by atoms with van der Waals surface area (Å²) in [5, 5.41) is 3.02. The summed E-state index contributed by atoms with van der Waals surface area (Å²) in [4.78, 5) is 57.8. The van der Waals surface area contributed by atoms with E-state index < -0.39 is 34.8 Å². The van der Waals surface area contributed by atoms with Crippen LogP contribution in [0.1, 0.15) is 86.4 Å². The number of halogens is 3. The number of fused-ring (bicyclic) bond motifs is 5. The highest BCUT2D eigenvalue weighted by atomic mass is 35.5. The van der Waals surface area contributed by atoms with Gasteiger partial charge in [-0.15, -0.1) is 0 Å². The third kappa shape index (κ3) is 6.54. The van der Waals surface area contributed by atoms with E-state index >= 15 is 8.78 Å². The topological polar surface area (TPSA) is 117 Å². The van der Waals surface area contributed by atoms with E-state index in [4.69, 9.17) is 21.6 Å². The Balaban J connectivity index is 0.825. The number of imide groups is 1. The van der Waals surface area contributed by atoms with Crippen LogP contribution in [0.5, 0.6) is 0 Å². The zero-order valence-electron chi connectivity index (χ0n) is 32.1. The highest BCUT2D eigenvalue weighted by molar-refractivity contribution is 6.35. The molecule has 294 valence electrons. The Hall–Kier alpha value is -5.27. The third-order valence-corrected chi connectivity index (χ3v) is 12.7. The van der Waals surface area contributed by atoms with Crippen molar-refractivity contribution in [3.05, 3.63) is 116 Å². The number of aromatic nitrogens is 4. The molecule has 2 aromatic heterocycles. The molecule has 2 atom stereocenters. The molecule has 11 nitrogen and oxygen atoms in total. The number of piperazine rings is 1. The molecule has 3 saturated heterocycles. The number of nitrogens with one attached hydrogen (secondary N) is 1. The van der Waals surface area contributed by atoms with Crippen LogP contribution in [0.3, 0.4) is 0 Å². The molecule has 2 amide bonds. The summed E-state index contributed by atoms with van der Waals surface area (Å²) in [5.41, 5.74) is 4.61. The van der Waals surface area contributed by atoms with Gasteiger partial charge in [0.25, 0.3) is 5.56 Å². The fourth-order valence-electron chi connectivity index (χ4n) is 9.39. The summed E-state index contributed by atoms with van der Waals surface area (Å²) < 4.78 is 32.5. The van der Waals surface area contributed by atoms with Crippen LogP contribution in [-0.2, 0) is 21.5 Å². The zero-order chi connectivity index (χ0) is 39.7. The molecule has 6 heterocycles. The highest BCUT2D eigenvalue weighted by Gasteiger charge is 2.40. The van der Waals surface area contributed by atoms with Gasteiger partial charge >= 0.3 is 0 Å². The molecule has 1 N–H and O–H groups in total. The smallest absolute Gasteiger partial charge is 0.282 e. The number of rotatable bonds is 6. The Bertz CT molecular complexity index is 2480. The van der Waals surface area contributed by atoms with Crippen molar-refractivity contribution in [2.45, 2.75) is 76.3 Å². The average Bonchev–Trinajstić information content (AvgIpc) is 3.41. The average molecular weight is 793 g/mol. The molecule has 3 fully saturated rings. The van der Waals surface area contributed by atoms with Gasteiger partial charge in [-0.05, 0) is 93.5 Å². The maximum absolute atomic E-state index is 15.2. The summed E-state index contributed by atoms with van der Waals surface area (Å²) in [7, 11) is 0. The maximum atomic E-state index is 15.2. The lowest BCUT2D eigenvalue weighted by molar-refractivity contribution is -0.134. The first-order chi connectivity index (χ1) is 27.4. The van der Waals surface area contributed by atoms with E-state index in [1.807, 2.05) is 24.5 Å². The Kier molecular flexibility index (Phi) is 9.35. The first-order valence-electron chi connectivity index (χ1n) is 19.6. The van der Waals surface area contributed by atoms with Crippen molar-refractivity contribution in [1.29, 1.82) is 0 Å². The molecule has 5 aromatic rings. The van der Waals surface area contributed by atoms with Gasteiger partial charge < -0.3 is 9.80 Å². The minimum Gasteiger partial charge on any atom is -0.366 e. The van der Waals surface area contributed by atoms with Crippen molar-refractivity contribution in [2.24, 2.45) is 0 Å². The molecule has 4 aliphatic rings. The lowest BCUT2D eigenvalue weighted by Crippen LogP contribution is -2.51. The number of amides is 2.